The van der Waals surface area contributed by atoms with Gasteiger partial charge in [-0.05, 0) is 12.3 Å². The molecule has 2 nitrogen and oxygen atoms in total. The molecule has 0 radical (unpaired) electrons. The van der Waals surface area contributed by atoms with E-state index < -0.39 is 0 Å². The first-order valence-electron chi connectivity index (χ1n) is 3.40. The van der Waals surface area contributed by atoms with Gasteiger partial charge < -0.3 is 4.74 Å². The van der Waals surface area contributed by atoms with E-state index in [0.29, 0.717) is 12.3 Å². The summed E-state index contributed by atoms with van der Waals surface area (Å²) in [6.07, 6.45) is 3.16. The highest BCUT2D eigenvalue weighted by Crippen LogP contribution is 2.05. The number of hydrogen-bond acceptors (Lipinski definition) is 2. The van der Waals surface area contributed by atoms with Crippen molar-refractivity contribution in [1.82, 2.24) is 0 Å². The molecule has 1 atom stereocenters. The molecule has 10 heavy (non-hydrogen) atoms. The maximum Gasteiger partial charge on any atom is 0.305 e. The normalized spacial score (nSPS) is 12.2. The van der Waals surface area contributed by atoms with Gasteiger partial charge in [-0.15, -0.1) is 6.58 Å². The van der Waals surface area contributed by atoms with E-state index in [1.807, 2.05) is 13.0 Å². The lowest BCUT2D eigenvalue weighted by molar-refractivity contribution is -0.140. The summed E-state index contributed by atoms with van der Waals surface area (Å²) < 4.78 is 4.47. The topological polar surface area (TPSA) is 26.3 Å². The highest BCUT2D eigenvalue weighted by Gasteiger charge is 2.02. The number of ether oxygens (including phenoxy) is 1. The van der Waals surface area contributed by atoms with Crippen LogP contribution >= 0.6 is 0 Å². The zero-order chi connectivity index (χ0) is 7.98. The summed E-state index contributed by atoms with van der Waals surface area (Å²) in [6, 6.07) is 0. The van der Waals surface area contributed by atoms with Crippen molar-refractivity contribution < 1.29 is 9.53 Å². The number of esters is 1. The minimum atomic E-state index is -0.145. The molecule has 0 bridgehead atoms. The zero-order valence-corrected chi connectivity index (χ0v) is 6.59. The van der Waals surface area contributed by atoms with E-state index >= 15 is 0 Å². The number of rotatable bonds is 4. The second-order valence-electron chi connectivity index (χ2n) is 2.33. The van der Waals surface area contributed by atoms with Crippen molar-refractivity contribution in [2.45, 2.75) is 19.8 Å². The Morgan fingerprint density at radius 3 is 2.80 bits per heavy atom. The number of carbonyl (C=O) groups excluding carboxylic acids is 1. The van der Waals surface area contributed by atoms with Crippen LogP contribution in [0.3, 0.4) is 0 Å². The van der Waals surface area contributed by atoms with Crippen LogP contribution in [0.25, 0.3) is 0 Å². The molecule has 0 aromatic carbocycles. The Hall–Kier alpha value is -0.790. The van der Waals surface area contributed by atoms with Crippen molar-refractivity contribution in [1.29, 1.82) is 0 Å². The minimum absolute atomic E-state index is 0.145. The van der Waals surface area contributed by atoms with Crippen LogP contribution in [0.2, 0.25) is 0 Å². The number of allylic oxidation sites excluding steroid dienone is 1. The minimum Gasteiger partial charge on any atom is -0.469 e. The lowest BCUT2D eigenvalue weighted by atomic mass is 10.1. The van der Waals surface area contributed by atoms with Crippen molar-refractivity contribution in [3.05, 3.63) is 12.7 Å². The summed E-state index contributed by atoms with van der Waals surface area (Å²) in [6.45, 7) is 5.64. The first-order valence-corrected chi connectivity index (χ1v) is 3.40. The molecule has 0 heterocycles. The fraction of sp³-hybridized carbons (Fsp3) is 0.625. The van der Waals surface area contributed by atoms with Gasteiger partial charge in [-0.25, -0.2) is 0 Å². The molecule has 0 amide bonds. The van der Waals surface area contributed by atoms with Crippen LogP contribution in [0, 0.1) is 5.92 Å². The second kappa shape index (κ2) is 5.03. The lowest BCUT2D eigenvalue weighted by Crippen LogP contribution is -2.02. The summed E-state index contributed by atoms with van der Waals surface area (Å²) in [4.78, 5) is 10.6. The summed E-state index contributed by atoms with van der Waals surface area (Å²) in [5, 5.41) is 0. The fourth-order valence-corrected chi connectivity index (χ4v) is 0.565. The molecule has 0 fully saturated rings. The number of carbonyl (C=O) groups is 1. The monoisotopic (exact) mass is 142 g/mol. The molecule has 0 rings (SSSR count). The molecule has 58 valence electrons. The first kappa shape index (κ1) is 9.21. The van der Waals surface area contributed by atoms with Crippen LogP contribution in [0.15, 0.2) is 12.7 Å². The van der Waals surface area contributed by atoms with Crippen molar-refractivity contribution >= 4 is 5.97 Å². The predicted molar refractivity (Wildman–Crippen MR) is 40.6 cm³/mol. The van der Waals surface area contributed by atoms with Crippen LogP contribution < -0.4 is 0 Å². The van der Waals surface area contributed by atoms with Crippen LogP contribution in [0.1, 0.15) is 19.8 Å². The number of hydrogen-bond donors (Lipinski definition) is 0. The molecule has 0 N–H and O–H groups in total. The van der Waals surface area contributed by atoms with Gasteiger partial charge in [0.15, 0.2) is 0 Å². The maximum atomic E-state index is 10.6. The SMILES string of the molecule is C=CC(C)CCC(=O)OC. The smallest absolute Gasteiger partial charge is 0.305 e. The van der Waals surface area contributed by atoms with Gasteiger partial charge in [0.2, 0.25) is 0 Å². The van der Waals surface area contributed by atoms with Crippen molar-refractivity contribution in [3.8, 4) is 0 Å². The molecule has 0 saturated carbocycles. The molecule has 0 aliphatic carbocycles. The van der Waals surface area contributed by atoms with E-state index in [2.05, 4.69) is 11.3 Å². The Kier molecular flexibility index (Phi) is 4.63. The van der Waals surface area contributed by atoms with Crippen molar-refractivity contribution in [3.63, 3.8) is 0 Å². The third-order valence-corrected chi connectivity index (χ3v) is 1.43. The summed E-state index contributed by atoms with van der Waals surface area (Å²) in [5.74, 6) is 0.257. The van der Waals surface area contributed by atoms with Crippen molar-refractivity contribution in [2.75, 3.05) is 7.11 Å². The summed E-state index contributed by atoms with van der Waals surface area (Å²) >= 11 is 0. The standard InChI is InChI=1S/C8H14O2/c1-4-7(2)5-6-8(9)10-3/h4,7H,1,5-6H2,2-3H3. The molecule has 0 aliphatic rings. The highest BCUT2D eigenvalue weighted by atomic mass is 16.5. The van der Waals surface area contributed by atoms with Gasteiger partial charge in [-0.1, -0.05) is 13.0 Å². The fourth-order valence-electron chi connectivity index (χ4n) is 0.565. The molecule has 0 aliphatic heterocycles. The van der Waals surface area contributed by atoms with Gasteiger partial charge in [0.25, 0.3) is 0 Å². The van der Waals surface area contributed by atoms with Gasteiger partial charge in [0.1, 0.15) is 0 Å². The van der Waals surface area contributed by atoms with Gasteiger partial charge in [-0.2, -0.15) is 0 Å². The van der Waals surface area contributed by atoms with E-state index in [-0.39, 0.29) is 5.97 Å². The molecule has 0 aromatic rings. The Morgan fingerprint density at radius 2 is 2.40 bits per heavy atom. The molecule has 0 saturated heterocycles. The maximum absolute atomic E-state index is 10.6. The average molecular weight is 142 g/mol. The Morgan fingerprint density at radius 1 is 1.80 bits per heavy atom. The van der Waals surface area contributed by atoms with Crippen LogP contribution in [0.4, 0.5) is 0 Å². The summed E-state index contributed by atoms with van der Waals surface area (Å²) in [7, 11) is 1.40. The zero-order valence-electron chi connectivity index (χ0n) is 6.59. The Balaban J connectivity index is 3.34. The van der Waals surface area contributed by atoms with Gasteiger partial charge in [0.05, 0.1) is 7.11 Å². The van der Waals surface area contributed by atoms with Crippen LogP contribution in [-0.4, -0.2) is 13.1 Å². The van der Waals surface area contributed by atoms with Gasteiger partial charge >= 0.3 is 5.97 Å². The van der Waals surface area contributed by atoms with Gasteiger partial charge in [0, 0.05) is 6.42 Å². The molecule has 1 unspecified atom stereocenters. The molecular weight excluding hydrogens is 128 g/mol. The third kappa shape index (κ3) is 4.13. The molecule has 0 aromatic heterocycles. The quantitative estimate of drug-likeness (QED) is 0.441. The molecule has 0 spiro atoms. The third-order valence-electron chi connectivity index (χ3n) is 1.43. The lowest BCUT2D eigenvalue weighted by Gasteiger charge is -2.02. The Bertz CT molecular complexity index is 118. The second-order valence-corrected chi connectivity index (χ2v) is 2.33. The number of methoxy groups -OCH3 is 1. The van der Waals surface area contributed by atoms with Gasteiger partial charge in [-0.3, -0.25) is 4.79 Å². The van der Waals surface area contributed by atoms with E-state index in [1.165, 1.54) is 7.11 Å². The van der Waals surface area contributed by atoms with E-state index in [9.17, 15) is 4.79 Å². The predicted octanol–water partition coefficient (Wildman–Crippen LogP) is 1.76. The summed E-state index contributed by atoms with van der Waals surface area (Å²) in [5.41, 5.74) is 0. The largest absolute Gasteiger partial charge is 0.469 e. The van der Waals surface area contributed by atoms with Crippen LogP contribution in [0.5, 0.6) is 0 Å². The van der Waals surface area contributed by atoms with Crippen molar-refractivity contribution in [2.24, 2.45) is 5.92 Å². The Labute approximate surface area is 61.9 Å². The van der Waals surface area contributed by atoms with E-state index in [4.69, 9.17) is 0 Å². The van der Waals surface area contributed by atoms with E-state index in [0.717, 1.165) is 6.42 Å². The molecule has 2 heteroatoms. The highest BCUT2D eigenvalue weighted by molar-refractivity contribution is 5.69. The van der Waals surface area contributed by atoms with E-state index in [1.54, 1.807) is 0 Å². The van der Waals surface area contributed by atoms with Crippen LogP contribution in [-0.2, 0) is 9.53 Å². The first-order chi connectivity index (χ1) is 4.70. The average Bonchev–Trinajstić information content (AvgIpc) is 1.99. The molecular formula is C8H14O2.